The van der Waals surface area contributed by atoms with E-state index in [0.29, 0.717) is 11.3 Å². The van der Waals surface area contributed by atoms with Gasteiger partial charge in [-0.05, 0) is 52.7 Å². The molecule has 4 N–H and O–H groups in total. The lowest BCUT2D eigenvalue weighted by molar-refractivity contribution is 0.0963. The van der Waals surface area contributed by atoms with E-state index in [1.165, 1.54) is 4.88 Å². The average molecular weight is 354 g/mol. The summed E-state index contributed by atoms with van der Waals surface area (Å²) in [6, 6.07) is 9.38. The molecule has 1 heterocycles. The first kappa shape index (κ1) is 14.9. The van der Waals surface area contributed by atoms with Crippen LogP contribution in [0.1, 0.15) is 15.2 Å². The zero-order chi connectivity index (χ0) is 14.5. The van der Waals surface area contributed by atoms with Crippen LogP contribution in [0.2, 0.25) is 0 Å². The van der Waals surface area contributed by atoms with Crippen molar-refractivity contribution < 1.29 is 4.79 Å². The number of anilines is 2. The molecule has 106 valence electrons. The van der Waals surface area contributed by atoms with Crippen LogP contribution < -0.4 is 16.4 Å². The topological polar surface area (TPSA) is 67.2 Å². The molecule has 4 nitrogen and oxygen atoms in total. The molecule has 0 aliphatic rings. The SMILES string of the molecule is CNC(=O)c1ccc(N)c(NCCc2ccc(Br)s2)c1. The van der Waals surface area contributed by atoms with Gasteiger partial charge in [0.25, 0.3) is 5.91 Å². The van der Waals surface area contributed by atoms with Crippen molar-refractivity contribution >= 4 is 44.5 Å². The quantitative estimate of drug-likeness (QED) is 0.723. The Balaban J connectivity index is 1.99. The van der Waals surface area contributed by atoms with Crippen molar-refractivity contribution in [1.29, 1.82) is 0 Å². The summed E-state index contributed by atoms with van der Waals surface area (Å²) in [6.07, 6.45) is 0.917. The van der Waals surface area contributed by atoms with Gasteiger partial charge >= 0.3 is 0 Å². The maximum Gasteiger partial charge on any atom is 0.251 e. The average Bonchev–Trinajstić information content (AvgIpc) is 2.85. The van der Waals surface area contributed by atoms with Crippen molar-refractivity contribution in [3.63, 3.8) is 0 Å². The fourth-order valence-electron chi connectivity index (χ4n) is 1.80. The minimum absolute atomic E-state index is 0.116. The highest BCUT2D eigenvalue weighted by Gasteiger charge is 2.06. The van der Waals surface area contributed by atoms with Crippen molar-refractivity contribution in [1.82, 2.24) is 5.32 Å². The van der Waals surface area contributed by atoms with Crippen LogP contribution in [0.3, 0.4) is 0 Å². The van der Waals surface area contributed by atoms with Gasteiger partial charge in [0.1, 0.15) is 0 Å². The van der Waals surface area contributed by atoms with Crippen LogP contribution in [0, 0.1) is 0 Å². The highest BCUT2D eigenvalue weighted by molar-refractivity contribution is 9.11. The van der Waals surface area contributed by atoms with E-state index in [1.807, 2.05) is 6.07 Å². The van der Waals surface area contributed by atoms with Gasteiger partial charge in [-0.15, -0.1) is 11.3 Å². The first-order chi connectivity index (χ1) is 9.60. The molecular weight excluding hydrogens is 338 g/mol. The second-order valence-electron chi connectivity index (χ2n) is 4.26. The number of rotatable bonds is 5. The Morgan fingerprint density at radius 1 is 1.35 bits per heavy atom. The third kappa shape index (κ3) is 3.74. The molecule has 0 aliphatic carbocycles. The minimum atomic E-state index is -0.116. The lowest BCUT2D eigenvalue weighted by Gasteiger charge is -2.10. The molecule has 20 heavy (non-hydrogen) atoms. The van der Waals surface area contributed by atoms with Crippen molar-refractivity contribution in [2.75, 3.05) is 24.6 Å². The zero-order valence-corrected chi connectivity index (χ0v) is 13.5. The van der Waals surface area contributed by atoms with Gasteiger partial charge in [0.15, 0.2) is 0 Å². The van der Waals surface area contributed by atoms with Gasteiger partial charge in [-0.1, -0.05) is 0 Å². The zero-order valence-electron chi connectivity index (χ0n) is 11.1. The number of nitrogen functional groups attached to an aromatic ring is 1. The molecule has 0 spiro atoms. The number of thiophene rings is 1. The molecule has 1 amide bonds. The van der Waals surface area contributed by atoms with E-state index in [4.69, 9.17) is 5.73 Å². The van der Waals surface area contributed by atoms with Gasteiger partial charge in [-0.3, -0.25) is 4.79 Å². The molecule has 0 unspecified atom stereocenters. The Hall–Kier alpha value is -1.53. The van der Waals surface area contributed by atoms with Crippen LogP contribution in [0.5, 0.6) is 0 Å². The van der Waals surface area contributed by atoms with Gasteiger partial charge in [0, 0.05) is 24.0 Å². The van der Waals surface area contributed by atoms with E-state index in [1.54, 1.807) is 36.6 Å². The lowest BCUT2D eigenvalue weighted by Crippen LogP contribution is -2.18. The Morgan fingerprint density at radius 2 is 2.15 bits per heavy atom. The van der Waals surface area contributed by atoms with Crippen molar-refractivity contribution in [2.24, 2.45) is 0 Å². The maximum atomic E-state index is 11.6. The largest absolute Gasteiger partial charge is 0.397 e. The predicted octanol–water partition coefficient (Wildman–Crippen LogP) is 3.11. The van der Waals surface area contributed by atoms with Crippen molar-refractivity contribution in [2.45, 2.75) is 6.42 Å². The molecule has 1 aromatic heterocycles. The van der Waals surface area contributed by atoms with Gasteiger partial charge in [-0.25, -0.2) is 0 Å². The molecule has 0 aliphatic heterocycles. The van der Waals surface area contributed by atoms with Crippen LogP contribution >= 0.6 is 27.3 Å². The van der Waals surface area contributed by atoms with E-state index < -0.39 is 0 Å². The second-order valence-corrected chi connectivity index (χ2v) is 6.81. The number of carbonyl (C=O) groups excluding carboxylic acids is 1. The van der Waals surface area contributed by atoms with E-state index in [-0.39, 0.29) is 5.91 Å². The molecule has 0 fully saturated rings. The van der Waals surface area contributed by atoms with Crippen LogP contribution in [0.15, 0.2) is 34.1 Å². The predicted molar refractivity (Wildman–Crippen MR) is 88.5 cm³/mol. The number of hydrogen-bond donors (Lipinski definition) is 3. The molecule has 2 aromatic rings. The Labute approximate surface area is 130 Å². The molecule has 0 saturated heterocycles. The van der Waals surface area contributed by atoms with Crippen LogP contribution in [-0.2, 0) is 6.42 Å². The van der Waals surface area contributed by atoms with Crippen LogP contribution in [-0.4, -0.2) is 19.5 Å². The molecule has 6 heteroatoms. The number of halogens is 1. The lowest BCUT2D eigenvalue weighted by atomic mass is 10.1. The van der Waals surface area contributed by atoms with Crippen molar-refractivity contribution in [3.05, 3.63) is 44.6 Å². The van der Waals surface area contributed by atoms with Gasteiger partial charge in [-0.2, -0.15) is 0 Å². The number of carbonyl (C=O) groups is 1. The van der Waals surface area contributed by atoms with E-state index in [9.17, 15) is 4.79 Å². The Bertz CT molecular complexity index is 612. The fourth-order valence-corrected chi connectivity index (χ4v) is 3.28. The van der Waals surface area contributed by atoms with E-state index >= 15 is 0 Å². The summed E-state index contributed by atoms with van der Waals surface area (Å²) in [4.78, 5) is 12.9. The Kier molecular flexibility index (Phi) is 5.03. The number of nitrogens with one attached hydrogen (secondary N) is 2. The minimum Gasteiger partial charge on any atom is -0.397 e. The number of hydrogen-bond acceptors (Lipinski definition) is 4. The fraction of sp³-hybridized carbons (Fsp3) is 0.214. The second kappa shape index (κ2) is 6.76. The third-order valence-corrected chi connectivity index (χ3v) is 4.54. The summed E-state index contributed by atoms with van der Waals surface area (Å²) >= 11 is 5.17. The maximum absolute atomic E-state index is 11.6. The number of nitrogens with two attached hydrogens (primary N) is 1. The summed E-state index contributed by atoms with van der Waals surface area (Å²) in [5, 5.41) is 5.88. The van der Waals surface area contributed by atoms with Crippen LogP contribution in [0.25, 0.3) is 0 Å². The summed E-state index contributed by atoms with van der Waals surface area (Å²) in [7, 11) is 1.61. The smallest absolute Gasteiger partial charge is 0.251 e. The molecule has 0 radical (unpaired) electrons. The highest BCUT2D eigenvalue weighted by Crippen LogP contribution is 2.23. The third-order valence-electron chi connectivity index (χ3n) is 2.86. The number of amides is 1. The molecular formula is C14H16BrN3OS. The number of benzene rings is 1. The monoisotopic (exact) mass is 353 g/mol. The molecule has 2 rings (SSSR count). The summed E-state index contributed by atoms with van der Waals surface area (Å²) in [5.41, 5.74) is 7.95. The standard InChI is InChI=1S/C14H16BrN3OS/c1-17-14(19)9-2-4-11(16)12(8-9)18-7-6-10-3-5-13(15)20-10/h2-5,8,18H,6-7,16H2,1H3,(H,17,19). The molecule has 0 atom stereocenters. The van der Waals surface area contributed by atoms with Gasteiger partial charge < -0.3 is 16.4 Å². The first-order valence-electron chi connectivity index (χ1n) is 6.20. The summed E-state index contributed by atoms with van der Waals surface area (Å²) in [6.45, 7) is 0.772. The van der Waals surface area contributed by atoms with E-state index in [0.717, 1.165) is 22.4 Å². The Morgan fingerprint density at radius 3 is 2.80 bits per heavy atom. The highest BCUT2D eigenvalue weighted by atomic mass is 79.9. The van der Waals surface area contributed by atoms with E-state index in [2.05, 4.69) is 32.6 Å². The molecule has 0 bridgehead atoms. The van der Waals surface area contributed by atoms with Gasteiger partial charge in [0.05, 0.1) is 15.2 Å². The summed E-state index contributed by atoms with van der Waals surface area (Å²) in [5.74, 6) is -0.116. The summed E-state index contributed by atoms with van der Waals surface area (Å²) < 4.78 is 1.13. The molecule has 0 saturated carbocycles. The normalized spacial score (nSPS) is 10.3. The first-order valence-corrected chi connectivity index (χ1v) is 7.81. The molecule has 1 aromatic carbocycles. The van der Waals surface area contributed by atoms with Crippen LogP contribution in [0.4, 0.5) is 11.4 Å². The van der Waals surface area contributed by atoms with Gasteiger partial charge in [0.2, 0.25) is 0 Å². The van der Waals surface area contributed by atoms with Crippen molar-refractivity contribution in [3.8, 4) is 0 Å².